The van der Waals surface area contributed by atoms with Crippen molar-refractivity contribution in [2.24, 2.45) is 23.2 Å². The van der Waals surface area contributed by atoms with Gasteiger partial charge in [0.1, 0.15) is 0 Å². The van der Waals surface area contributed by atoms with E-state index < -0.39 is 0 Å². The fraction of sp³-hybridized carbons (Fsp3) is 0.895. The Balaban J connectivity index is 1.20. The van der Waals surface area contributed by atoms with Crippen LogP contribution < -0.4 is 10.6 Å². The van der Waals surface area contributed by atoms with E-state index >= 15 is 0 Å². The van der Waals surface area contributed by atoms with Crippen molar-refractivity contribution in [3.05, 3.63) is 0 Å². The van der Waals surface area contributed by atoms with Gasteiger partial charge in [0.15, 0.2) is 0 Å². The van der Waals surface area contributed by atoms with Gasteiger partial charge in [-0.1, -0.05) is 0 Å². The highest BCUT2D eigenvalue weighted by molar-refractivity contribution is 5.84. The monoisotopic (exact) mass is 334 g/mol. The molecule has 0 aromatic carbocycles. The maximum absolute atomic E-state index is 12.4. The number of amides is 2. The molecule has 4 saturated carbocycles. The molecule has 4 aliphatic carbocycles. The molecular weight excluding hydrogens is 304 g/mol. The van der Waals surface area contributed by atoms with Crippen LogP contribution in [0.1, 0.15) is 57.8 Å². The van der Waals surface area contributed by atoms with Crippen molar-refractivity contribution in [2.75, 3.05) is 19.7 Å². The van der Waals surface area contributed by atoms with Crippen molar-refractivity contribution in [1.82, 2.24) is 10.6 Å². The topological polar surface area (TPSA) is 67.4 Å². The molecule has 5 rings (SSSR count). The number of rotatable bonds is 6. The van der Waals surface area contributed by atoms with E-state index in [1.54, 1.807) is 0 Å². The molecule has 5 nitrogen and oxygen atoms in total. The summed E-state index contributed by atoms with van der Waals surface area (Å²) in [5.41, 5.74) is 0.243. The minimum absolute atomic E-state index is 0.0595. The molecule has 1 heterocycles. The van der Waals surface area contributed by atoms with Gasteiger partial charge >= 0.3 is 0 Å². The van der Waals surface area contributed by atoms with Crippen LogP contribution in [0, 0.1) is 23.2 Å². The lowest BCUT2D eigenvalue weighted by Gasteiger charge is -2.56. The molecule has 5 fully saturated rings. The molecule has 24 heavy (non-hydrogen) atoms. The van der Waals surface area contributed by atoms with Crippen LogP contribution in [0.5, 0.6) is 0 Å². The minimum atomic E-state index is -0.107. The van der Waals surface area contributed by atoms with Crippen molar-refractivity contribution in [3.8, 4) is 0 Å². The first-order chi connectivity index (χ1) is 11.6. The first kappa shape index (κ1) is 16.4. The van der Waals surface area contributed by atoms with Gasteiger partial charge in [-0.05, 0) is 74.5 Å². The summed E-state index contributed by atoms with van der Waals surface area (Å²) in [6, 6.07) is 0. The lowest BCUT2D eigenvalue weighted by molar-refractivity contribution is -0.132. The van der Waals surface area contributed by atoms with Gasteiger partial charge in [0, 0.05) is 19.6 Å². The number of carbonyl (C=O) groups excluding carboxylic acids is 2. The first-order valence-corrected chi connectivity index (χ1v) is 9.75. The Morgan fingerprint density at radius 1 is 0.958 bits per heavy atom. The highest BCUT2D eigenvalue weighted by atomic mass is 16.5. The summed E-state index contributed by atoms with van der Waals surface area (Å²) in [7, 11) is 0. The smallest absolute Gasteiger partial charge is 0.239 e. The number of ether oxygens (including phenoxy) is 1. The van der Waals surface area contributed by atoms with Crippen molar-refractivity contribution >= 4 is 11.8 Å². The SMILES string of the molecule is O=C(CNC(=O)CC12CC3CC(CC(C3)C1)C2)NCC1CCCO1. The number of nitrogens with one attached hydrogen (secondary N) is 2. The van der Waals surface area contributed by atoms with E-state index in [9.17, 15) is 9.59 Å². The van der Waals surface area contributed by atoms with E-state index in [2.05, 4.69) is 10.6 Å². The van der Waals surface area contributed by atoms with Gasteiger partial charge < -0.3 is 15.4 Å². The predicted octanol–water partition coefficient (Wildman–Crippen LogP) is 2.00. The summed E-state index contributed by atoms with van der Waals surface area (Å²) in [6.07, 6.45) is 10.7. The van der Waals surface area contributed by atoms with Gasteiger partial charge in [-0.3, -0.25) is 9.59 Å². The van der Waals surface area contributed by atoms with Crippen LogP contribution in [0.4, 0.5) is 0 Å². The molecule has 0 radical (unpaired) electrons. The zero-order chi connectivity index (χ0) is 16.6. The molecule has 4 bridgehead atoms. The Labute approximate surface area is 144 Å². The molecule has 0 aromatic heterocycles. The Morgan fingerprint density at radius 2 is 1.62 bits per heavy atom. The second-order valence-electron chi connectivity index (χ2n) is 8.81. The first-order valence-electron chi connectivity index (χ1n) is 9.75. The fourth-order valence-electron chi connectivity index (χ4n) is 6.18. The third kappa shape index (κ3) is 3.61. The van der Waals surface area contributed by atoms with Gasteiger partial charge in [-0.2, -0.15) is 0 Å². The van der Waals surface area contributed by atoms with Gasteiger partial charge in [-0.15, -0.1) is 0 Å². The fourth-order valence-corrected chi connectivity index (χ4v) is 6.18. The molecular formula is C19H30N2O3. The Kier molecular flexibility index (Phi) is 4.54. The van der Waals surface area contributed by atoms with Crippen LogP contribution in [0.15, 0.2) is 0 Å². The summed E-state index contributed by atoms with van der Waals surface area (Å²) in [5.74, 6) is 2.53. The van der Waals surface area contributed by atoms with Crippen LogP contribution in [0.25, 0.3) is 0 Å². The van der Waals surface area contributed by atoms with Crippen molar-refractivity contribution < 1.29 is 14.3 Å². The summed E-state index contributed by atoms with van der Waals surface area (Å²) >= 11 is 0. The second kappa shape index (κ2) is 6.66. The van der Waals surface area contributed by atoms with Crippen molar-refractivity contribution in [3.63, 3.8) is 0 Å². The van der Waals surface area contributed by atoms with Crippen molar-refractivity contribution in [1.29, 1.82) is 0 Å². The maximum atomic E-state index is 12.4. The Hall–Kier alpha value is -1.10. The molecule has 5 aliphatic rings. The highest BCUT2D eigenvalue weighted by Gasteiger charge is 2.51. The van der Waals surface area contributed by atoms with Crippen LogP contribution in [0.2, 0.25) is 0 Å². The second-order valence-corrected chi connectivity index (χ2v) is 8.81. The van der Waals surface area contributed by atoms with Gasteiger partial charge in [0.25, 0.3) is 0 Å². The molecule has 5 heteroatoms. The number of hydrogen-bond donors (Lipinski definition) is 2. The summed E-state index contributed by atoms with van der Waals surface area (Å²) in [6.45, 7) is 1.45. The molecule has 1 saturated heterocycles. The zero-order valence-corrected chi connectivity index (χ0v) is 14.5. The van der Waals surface area contributed by atoms with E-state index in [0.29, 0.717) is 13.0 Å². The van der Waals surface area contributed by atoms with Crippen LogP contribution in [-0.2, 0) is 14.3 Å². The van der Waals surface area contributed by atoms with E-state index in [4.69, 9.17) is 4.74 Å². The Morgan fingerprint density at radius 3 is 2.21 bits per heavy atom. The highest BCUT2D eigenvalue weighted by Crippen LogP contribution is 2.61. The minimum Gasteiger partial charge on any atom is -0.376 e. The predicted molar refractivity (Wildman–Crippen MR) is 90.2 cm³/mol. The van der Waals surface area contributed by atoms with Crippen molar-refractivity contribution in [2.45, 2.75) is 63.9 Å². The lowest BCUT2D eigenvalue weighted by Crippen LogP contribution is -2.48. The zero-order valence-electron chi connectivity index (χ0n) is 14.5. The lowest BCUT2D eigenvalue weighted by atomic mass is 9.49. The van der Waals surface area contributed by atoms with Crippen LogP contribution in [0.3, 0.4) is 0 Å². The van der Waals surface area contributed by atoms with Crippen LogP contribution >= 0.6 is 0 Å². The molecule has 1 atom stereocenters. The third-order valence-electron chi connectivity index (χ3n) is 6.70. The van der Waals surface area contributed by atoms with Gasteiger partial charge in [-0.25, -0.2) is 0 Å². The summed E-state index contributed by atoms with van der Waals surface area (Å²) < 4.78 is 5.49. The molecule has 1 unspecified atom stereocenters. The quantitative estimate of drug-likeness (QED) is 0.781. The average molecular weight is 334 g/mol. The van der Waals surface area contributed by atoms with Gasteiger partial charge in [0.2, 0.25) is 11.8 Å². The maximum Gasteiger partial charge on any atom is 0.239 e. The molecule has 0 spiro atoms. The summed E-state index contributed by atoms with van der Waals surface area (Å²) in [4.78, 5) is 24.3. The number of hydrogen-bond acceptors (Lipinski definition) is 3. The average Bonchev–Trinajstić information content (AvgIpc) is 3.02. The van der Waals surface area contributed by atoms with E-state index in [1.807, 2.05) is 0 Å². The molecule has 2 amide bonds. The molecule has 1 aliphatic heterocycles. The van der Waals surface area contributed by atoms with Gasteiger partial charge in [0.05, 0.1) is 12.6 Å². The summed E-state index contributed by atoms with van der Waals surface area (Å²) in [5, 5.41) is 5.70. The van der Waals surface area contributed by atoms with E-state index in [0.717, 1.165) is 37.2 Å². The van der Waals surface area contributed by atoms with E-state index in [-0.39, 0.29) is 29.9 Å². The standard InChI is InChI=1S/C19H30N2O3/c22-17(21-12-18(23)20-11-16-2-1-3-24-16)10-19-7-13-4-14(8-19)6-15(5-13)9-19/h13-16H,1-12H2,(H,20,23)(H,21,22). The molecule has 0 aromatic rings. The molecule has 2 N–H and O–H groups in total. The van der Waals surface area contributed by atoms with Crippen LogP contribution in [-0.4, -0.2) is 37.6 Å². The third-order valence-corrected chi connectivity index (χ3v) is 6.70. The number of carbonyl (C=O) groups is 2. The normalized spacial score (nSPS) is 39.8. The molecule has 134 valence electrons. The van der Waals surface area contributed by atoms with E-state index in [1.165, 1.54) is 38.5 Å². The largest absolute Gasteiger partial charge is 0.376 e. The Bertz CT molecular complexity index is 464.